The van der Waals surface area contributed by atoms with Crippen LogP contribution in [0.25, 0.3) is 11.1 Å². The smallest absolute Gasteiger partial charge is 0.407 e. The first kappa shape index (κ1) is 52.8. The highest BCUT2D eigenvalue weighted by Gasteiger charge is 2.32. The molecule has 0 aromatic heterocycles. The van der Waals surface area contributed by atoms with E-state index in [0.717, 1.165) is 30.4 Å². The number of carbonyl (C=O) groups excluding carboxylic acids is 6. The highest BCUT2D eigenvalue weighted by molar-refractivity contribution is 6.00. The van der Waals surface area contributed by atoms with Crippen LogP contribution in [0.15, 0.2) is 48.5 Å². The van der Waals surface area contributed by atoms with Crippen molar-refractivity contribution in [2.75, 3.05) is 19.7 Å². The van der Waals surface area contributed by atoms with Gasteiger partial charge in [-0.3, -0.25) is 19.2 Å². The number of carboxylic acid groups (broad SMARTS) is 1. The fraction of sp³-hybridized carbons (Fsp3) is 0.596. The molecule has 0 aliphatic carbocycles. The summed E-state index contributed by atoms with van der Waals surface area (Å²) in [6.45, 7) is 18.6. The maximum absolute atomic E-state index is 14.1. The van der Waals surface area contributed by atoms with Gasteiger partial charge in [0.05, 0.1) is 18.2 Å². The topological polar surface area (TPSA) is 216 Å². The van der Waals surface area contributed by atoms with E-state index in [-0.39, 0.29) is 44.7 Å². The molecule has 0 unspecified atom stereocenters. The lowest BCUT2D eigenvalue weighted by atomic mass is 9.92. The highest BCUT2D eigenvalue weighted by Crippen LogP contribution is 2.23. The molecule has 4 amide bonds. The molecule has 0 saturated carbocycles. The van der Waals surface area contributed by atoms with E-state index in [4.69, 9.17) is 14.2 Å². The SMILES string of the molecule is CCCCc1ccc(-c2ccc(C(=O)C[C@@H](CCNC(=O)OC(C)(C)C)C(=O)N[C@@H](CCNC(=O)OC(C)(C)C)C(=O)C[C@@H](C)C(=O)N[C@@H](COC(C)(C)C)C(=O)O)cc2)cc1. The number of aliphatic carboxylic acids is 1. The Kier molecular flexibility index (Phi) is 20.8. The number of ketones is 2. The number of ether oxygens (including phenoxy) is 3. The third kappa shape index (κ3) is 21.0. The first-order valence-corrected chi connectivity index (χ1v) is 21.4. The van der Waals surface area contributed by atoms with Gasteiger partial charge in [-0.2, -0.15) is 0 Å². The Bertz CT molecular complexity index is 1810. The number of Topliss-reactive ketones (excluding diaryl/α,β-unsaturated/α-hetero) is 2. The molecule has 15 heteroatoms. The lowest BCUT2D eigenvalue weighted by Gasteiger charge is -2.25. The molecule has 5 N–H and O–H groups in total. The summed E-state index contributed by atoms with van der Waals surface area (Å²) in [7, 11) is 0. The van der Waals surface area contributed by atoms with Gasteiger partial charge in [-0.05, 0) is 105 Å². The van der Waals surface area contributed by atoms with Gasteiger partial charge < -0.3 is 40.6 Å². The summed E-state index contributed by atoms with van der Waals surface area (Å²) >= 11 is 0. The number of carboxylic acids is 1. The van der Waals surface area contributed by atoms with Gasteiger partial charge in [0.2, 0.25) is 11.8 Å². The minimum absolute atomic E-state index is 0.00235. The van der Waals surface area contributed by atoms with Crippen LogP contribution in [0.3, 0.4) is 0 Å². The molecular formula is C47H70N4O11. The largest absolute Gasteiger partial charge is 0.480 e. The second kappa shape index (κ2) is 24.4. The van der Waals surface area contributed by atoms with Crippen molar-refractivity contribution in [2.45, 2.75) is 150 Å². The van der Waals surface area contributed by atoms with Crippen LogP contribution < -0.4 is 21.3 Å². The number of carbonyl (C=O) groups is 7. The second-order valence-corrected chi connectivity index (χ2v) is 18.6. The number of hydrogen-bond acceptors (Lipinski definition) is 10. The van der Waals surface area contributed by atoms with Crippen LogP contribution >= 0.6 is 0 Å². The normalized spacial score (nSPS) is 13.7. The first-order valence-electron chi connectivity index (χ1n) is 21.4. The van der Waals surface area contributed by atoms with Crippen LogP contribution in [-0.2, 0) is 39.8 Å². The van der Waals surface area contributed by atoms with Gasteiger partial charge in [0.15, 0.2) is 17.6 Å². The van der Waals surface area contributed by atoms with Crippen LogP contribution in [0, 0.1) is 11.8 Å². The summed E-state index contributed by atoms with van der Waals surface area (Å²) in [6.07, 6.45) is 1.01. The van der Waals surface area contributed by atoms with Gasteiger partial charge in [-0.25, -0.2) is 14.4 Å². The summed E-state index contributed by atoms with van der Waals surface area (Å²) in [6, 6.07) is 12.7. The molecule has 0 fully saturated rings. The molecule has 62 heavy (non-hydrogen) atoms. The van der Waals surface area contributed by atoms with Crippen LogP contribution in [-0.4, -0.2) is 95.2 Å². The lowest BCUT2D eigenvalue weighted by molar-refractivity contribution is -0.146. The van der Waals surface area contributed by atoms with E-state index in [1.165, 1.54) is 12.5 Å². The van der Waals surface area contributed by atoms with Crippen molar-refractivity contribution in [3.63, 3.8) is 0 Å². The lowest BCUT2D eigenvalue weighted by Crippen LogP contribution is -2.49. The minimum Gasteiger partial charge on any atom is -0.480 e. The number of benzene rings is 2. The molecule has 2 rings (SSSR count). The molecule has 4 atom stereocenters. The summed E-state index contributed by atoms with van der Waals surface area (Å²) < 4.78 is 16.2. The highest BCUT2D eigenvalue weighted by atomic mass is 16.6. The number of amides is 4. The Morgan fingerprint density at radius 1 is 0.645 bits per heavy atom. The van der Waals surface area contributed by atoms with Crippen molar-refractivity contribution in [1.82, 2.24) is 21.3 Å². The molecule has 0 saturated heterocycles. The van der Waals surface area contributed by atoms with E-state index < -0.39 is 82.9 Å². The maximum Gasteiger partial charge on any atom is 0.407 e. The van der Waals surface area contributed by atoms with Crippen LogP contribution in [0.2, 0.25) is 0 Å². The Morgan fingerprint density at radius 2 is 1.15 bits per heavy atom. The average molecular weight is 867 g/mol. The monoisotopic (exact) mass is 867 g/mol. The Hall–Kier alpha value is -5.31. The Labute approximate surface area is 367 Å². The van der Waals surface area contributed by atoms with E-state index in [2.05, 4.69) is 40.3 Å². The van der Waals surface area contributed by atoms with Crippen molar-refractivity contribution in [3.8, 4) is 11.1 Å². The van der Waals surface area contributed by atoms with Gasteiger partial charge in [-0.15, -0.1) is 0 Å². The molecule has 15 nitrogen and oxygen atoms in total. The Balaban J connectivity index is 2.33. The van der Waals surface area contributed by atoms with Gasteiger partial charge >= 0.3 is 18.2 Å². The molecule has 0 heterocycles. The molecule has 0 aliphatic heterocycles. The molecular weight excluding hydrogens is 797 g/mol. The predicted molar refractivity (Wildman–Crippen MR) is 237 cm³/mol. The summed E-state index contributed by atoms with van der Waals surface area (Å²) in [5, 5.41) is 20.0. The van der Waals surface area contributed by atoms with Crippen molar-refractivity contribution >= 4 is 41.5 Å². The molecule has 0 aliphatic rings. The zero-order valence-corrected chi connectivity index (χ0v) is 38.5. The van der Waals surface area contributed by atoms with Crippen molar-refractivity contribution in [1.29, 1.82) is 0 Å². The van der Waals surface area contributed by atoms with Crippen LogP contribution in [0.4, 0.5) is 9.59 Å². The molecule has 2 aromatic carbocycles. The number of aryl methyl sites for hydroxylation is 1. The van der Waals surface area contributed by atoms with Crippen molar-refractivity contribution in [2.24, 2.45) is 11.8 Å². The fourth-order valence-corrected chi connectivity index (χ4v) is 6.02. The molecule has 0 spiro atoms. The second-order valence-electron chi connectivity index (χ2n) is 18.6. The van der Waals surface area contributed by atoms with Gasteiger partial charge in [0, 0.05) is 43.3 Å². The fourth-order valence-electron chi connectivity index (χ4n) is 6.02. The molecule has 2 aromatic rings. The summed E-state index contributed by atoms with van der Waals surface area (Å²) in [4.78, 5) is 91.7. The van der Waals surface area contributed by atoms with Crippen molar-refractivity contribution in [3.05, 3.63) is 59.7 Å². The van der Waals surface area contributed by atoms with Gasteiger partial charge in [0.1, 0.15) is 11.2 Å². The minimum atomic E-state index is -1.38. The zero-order valence-electron chi connectivity index (χ0n) is 38.5. The van der Waals surface area contributed by atoms with Gasteiger partial charge in [0.25, 0.3) is 0 Å². The third-order valence-electron chi connectivity index (χ3n) is 9.34. The van der Waals surface area contributed by atoms with E-state index in [0.29, 0.717) is 5.56 Å². The first-order chi connectivity index (χ1) is 28.8. The quantitative estimate of drug-likeness (QED) is 0.0706. The van der Waals surface area contributed by atoms with Crippen LogP contribution in [0.1, 0.15) is 131 Å². The predicted octanol–water partition coefficient (Wildman–Crippen LogP) is 7.18. The van der Waals surface area contributed by atoms with Crippen LogP contribution in [0.5, 0.6) is 0 Å². The van der Waals surface area contributed by atoms with E-state index >= 15 is 0 Å². The summed E-state index contributed by atoms with van der Waals surface area (Å²) in [5.74, 6) is -5.65. The average Bonchev–Trinajstić information content (AvgIpc) is 3.15. The number of unbranched alkanes of at least 4 members (excludes halogenated alkanes) is 1. The number of nitrogens with one attached hydrogen (secondary N) is 4. The van der Waals surface area contributed by atoms with E-state index in [1.54, 1.807) is 74.4 Å². The number of hydrogen-bond donors (Lipinski definition) is 5. The van der Waals surface area contributed by atoms with E-state index in [1.807, 2.05) is 24.3 Å². The maximum atomic E-state index is 14.1. The summed E-state index contributed by atoms with van der Waals surface area (Å²) in [5.41, 5.74) is 1.29. The van der Waals surface area contributed by atoms with Gasteiger partial charge in [-0.1, -0.05) is 68.8 Å². The number of rotatable bonds is 23. The van der Waals surface area contributed by atoms with Crippen molar-refractivity contribution < 1.29 is 52.9 Å². The molecule has 0 radical (unpaired) electrons. The standard InChI is InChI=1S/C47H70N4O11/c1-12-13-14-31-15-17-32(18-16-31)33-19-21-34(22-20-33)38(52)28-35(23-25-48-43(58)61-46(6,7)8)41(55)50-36(24-26-49-44(59)62-47(9,10)11)39(53)27-30(2)40(54)51-37(42(56)57)29-60-45(3,4)5/h15-22,30,35-37H,12-14,23-29H2,1-11H3,(H,48,58)(H,49,59)(H,50,55)(H,51,54)(H,56,57)/t30-,35-,36+,37+/m1/s1. The molecule has 0 bridgehead atoms. The Morgan fingerprint density at radius 3 is 1.63 bits per heavy atom. The zero-order chi connectivity index (χ0) is 46.8. The number of alkyl carbamates (subject to hydrolysis) is 2. The van der Waals surface area contributed by atoms with E-state index in [9.17, 15) is 38.7 Å². The molecule has 344 valence electrons. The third-order valence-corrected chi connectivity index (χ3v) is 9.34.